The Morgan fingerprint density at radius 1 is 1.00 bits per heavy atom. The van der Waals surface area contributed by atoms with Crippen LogP contribution in [0.1, 0.15) is 13.8 Å². The smallest absolute Gasteiger partial charge is 0.229 e. The van der Waals surface area contributed by atoms with Crippen LogP contribution in [-0.2, 0) is 9.59 Å². The first kappa shape index (κ1) is 9.26. The Balaban J connectivity index is 4.10. The minimum absolute atomic E-state index is 0.949. The Labute approximate surface area is 58.5 Å². The lowest BCUT2D eigenvalue weighted by Crippen LogP contribution is -2.32. The maximum absolute atomic E-state index is 10.5. The van der Waals surface area contributed by atoms with E-state index in [1.165, 1.54) is 13.8 Å². The molecule has 0 aromatic carbocycles. The van der Waals surface area contributed by atoms with E-state index in [2.05, 4.69) is 0 Å². The van der Waals surface area contributed by atoms with Crippen molar-refractivity contribution in [3.05, 3.63) is 0 Å². The second kappa shape index (κ2) is 3.43. The summed E-state index contributed by atoms with van der Waals surface area (Å²) < 4.78 is 0. The third-order valence-corrected chi connectivity index (χ3v) is 1.00. The van der Waals surface area contributed by atoms with Crippen molar-refractivity contribution in [1.82, 2.24) is 0 Å². The summed E-state index contributed by atoms with van der Waals surface area (Å²) in [6.45, 7) is 2.37. The zero-order chi connectivity index (χ0) is 8.31. The largest absolute Gasteiger partial charge is 0.385 e. The fraction of sp³-hybridized carbons (Fsp3) is 0.667. The highest BCUT2D eigenvalue weighted by Gasteiger charge is 2.22. The topological polar surface area (TPSA) is 74.6 Å². The molecule has 0 heterocycles. The number of carbonyl (C=O) groups excluding carboxylic acids is 2. The van der Waals surface area contributed by atoms with E-state index in [1.807, 2.05) is 0 Å². The van der Waals surface area contributed by atoms with E-state index in [0.29, 0.717) is 0 Å². The van der Waals surface area contributed by atoms with Crippen LogP contribution < -0.4 is 0 Å². The number of rotatable bonds is 3. The molecule has 0 aromatic heterocycles. The van der Waals surface area contributed by atoms with Gasteiger partial charge >= 0.3 is 0 Å². The van der Waals surface area contributed by atoms with Crippen molar-refractivity contribution in [1.29, 1.82) is 0 Å². The van der Waals surface area contributed by atoms with Crippen molar-refractivity contribution < 1.29 is 19.8 Å². The average Bonchev–Trinajstić information content (AvgIpc) is 1.84. The lowest BCUT2D eigenvalue weighted by molar-refractivity contribution is -0.145. The van der Waals surface area contributed by atoms with E-state index in [4.69, 9.17) is 10.2 Å². The van der Waals surface area contributed by atoms with E-state index in [1.54, 1.807) is 0 Å². The molecule has 0 saturated heterocycles. The van der Waals surface area contributed by atoms with Crippen molar-refractivity contribution in [2.45, 2.75) is 26.1 Å². The molecule has 0 spiro atoms. The van der Waals surface area contributed by atoms with Crippen LogP contribution in [0.3, 0.4) is 0 Å². The van der Waals surface area contributed by atoms with E-state index < -0.39 is 23.8 Å². The molecule has 10 heavy (non-hydrogen) atoms. The lowest BCUT2D eigenvalue weighted by Gasteiger charge is -2.03. The normalized spacial score (nSPS) is 16.0. The van der Waals surface area contributed by atoms with Crippen molar-refractivity contribution in [3.8, 4) is 0 Å². The average molecular weight is 146 g/mol. The van der Waals surface area contributed by atoms with Gasteiger partial charge in [-0.15, -0.1) is 0 Å². The minimum atomic E-state index is -1.32. The zero-order valence-corrected chi connectivity index (χ0v) is 5.87. The number of aliphatic hydroxyl groups excluding tert-OH is 2. The van der Waals surface area contributed by atoms with Crippen LogP contribution in [0.25, 0.3) is 0 Å². The van der Waals surface area contributed by atoms with E-state index in [9.17, 15) is 9.59 Å². The standard InChI is InChI=1S/C6H10O4/c1-3(7)5(9)6(10)4(2)8/h3-4,7-8H,1-2H3. The van der Waals surface area contributed by atoms with Gasteiger partial charge in [-0.3, -0.25) is 9.59 Å². The number of aliphatic hydroxyl groups is 2. The second-order valence-electron chi connectivity index (χ2n) is 2.08. The van der Waals surface area contributed by atoms with Gasteiger partial charge in [-0.2, -0.15) is 0 Å². The van der Waals surface area contributed by atoms with Gasteiger partial charge in [0, 0.05) is 0 Å². The van der Waals surface area contributed by atoms with Crippen molar-refractivity contribution in [3.63, 3.8) is 0 Å². The fourth-order valence-corrected chi connectivity index (χ4v) is 0.412. The van der Waals surface area contributed by atoms with Crippen molar-refractivity contribution in [2.24, 2.45) is 0 Å². The summed E-state index contributed by atoms with van der Waals surface area (Å²) >= 11 is 0. The summed E-state index contributed by atoms with van der Waals surface area (Å²) in [6, 6.07) is 0. The van der Waals surface area contributed by atoms with Crippen LogP contribution in [0.4, 0.5) is 0 Å². The predicted molar refractivity (Wildman–Crippen MR) is 33.4 cm³/mol. The molecule has 2 unspecified atom stereocenters. The summed E-state index contributed by atoms with van der Waals surface area (Å²) in [6.07, 6.45) is -2.64. The third-order valence-electron chi connectivity index (χ3n) is 1.00. The molecule has 0 aliphatic rings. The SMILES string of the molecule is CC(O)C(=O)C(=O)C(C)O. The molecular formula is C6H10O4. The van der Waals surface area contributed by atoms with Gasteiger partial charge in [-0.1, -0.05) is 0 Å². The molecule has 0 bridgehead atoms. The van der Waals surface area contributed by atoms with Crippen LogP contribution in [0.5, 0.6) is 0 Å². The minimum Gasteiger partial charge on any atom is -0.385 e. The maximum Gasteiger partial charge on any atom is 0.229 e. The number of hydrogen-bond donors (Lipinski definition) is 2. The molecule has 0 aromatic rings. The molecular weight excluding hydrogens is 136 g/mol. The van der Waals surface area contributed by atoms with Gasteiger partial charge in [-0.25, -0.2) is 0 Å². The molecule has 2 N–H and O–H groups in total. The Morgan fingerprint density at radius 2 is 1.20 bits per heavy atom. The predicted octanol–water partition coefficient (Wildman–Crippen LogP) is -1.11. The highest BCUT2D eigenvalue weighted by molar-refractivity contribution is 6.40. The summed E-state index contributed by atoms with van der Waals surface area (Å²) in [5.41, 5.74) is 0. The Morgan fingerprint density at radius 3 is 1.30 bits per heavy atom. The molecule has 2 atom stereocenters. The van der Waals surface area contributed by atoms with Crippen LogP contribution >= 0.6 is 0 Å². The number of carbonyl (C=O) groups is 2. The Hall–Kier alpha value is -0.740. The molecule has 0 amide bonds. The van der Waals surface area contributed by atoms with Gasteiger partial charge in [0.2, 0.25) is 11.6 Å². The lowest BCUT2D eigenvalue weighted by atomic mass is 10.1. The van der Waals surface area contributed by atoms with Gasteiger partial charge in [0.05, 0.1) is 0 Å². The van der Waals surface area contributed by atoms with Gasteiger partial charge in [-0.05, 0) is 13.8 Å². The van der Waals surface area contributed by atoms with Crippen LogP contribution in [-0.4, -0.2) is 34.0 Å². The van der Waals surface area contributed by atoms with Crippen molar-refractivity contribution in [2.75, 3.05) is 0 Å². The molecule has 0 fully saturated rings. The fourth-order valence-electron chi connectivity index (χ4n) is 0.412. The first-order valence-electron chi connectivity index (χ1n) is 2.91. The molecule has 4 nitrogen and oxygen atoms in total. The summed E-state index contributed by atoms with van der Waals surface area (Å²) in [5, 5.41) is 17.1. The molecule has 0 aliphatic carbocycles. The molecule has 0 radical (unpaired) electrons. The molecule has 0 saturated carbocycles. The highest BCUT2D eigenvalue weighted by atomic mass is 16.3. The maximum atomic E-state index is 10.5. The first-order valence-corrected chi connectivity index (χ1v) is 2.91. The Bertz CT molecular complexity index is 130. The van der Waals surface area contributed by atoms with Gasteiger partial charge in [0.25, 0.3) is 0 Å². The summed E-state index contributed by atoms with van der Waals surface area (Å²) in [7, 11) is 0. The molecule has 4 heteroatoms. The van der Waals surface area contributed by atoms with Crippen LogP contribution in [0.2, 0.25) is 0 Å². The molecule has 0 aliphatic heterocycles. The number of hydrogen-bond acceptors (Lipinski definition) is 4. The van der Waals surface area contributed by atoms with Crippen LogP contribution in [0, 0.1) is 0 Å². The van der Waals surface area contributed by atoms with Crippen molar-refractivity contribution >= 4 is 11.6 Å². The number of ketones is 2. The first-order chi connectivity index (χ1) is 4.46. The summed E-state index contributed by atoms with van der Waals surface area (Å²) in [5.74, 6) is -1.90. The number of Topliss-reactive ketones (excluding diaryl/α,β-unsaturated/α-hetero) is 2. The molecule has 0 rings (SSSR count). The molecule has 58 valence electrons. The van der Waals surface area contributed by atoms with E-state index >= 15 is 0 Å². The van der Waals surface area contributed by atoms with Gasteiger partial charge in [0.1, 0.15) is 12.2 Å². The third kappa shape index (κ3) is 2.24. The van der Waals surface area contributed by atoms with Gasteiger partial charge < -0.3 is 10.2 Å². The quantitative estimate of drug-likeness (QED) is 0.495. The monoisotopic (exact) mass is 146 g/mol. The van der Waals surface area contributed by atoms with E-state index in [-0.39, 0.29) is 0 Å². The van der Waals surface area contributed by atoms with Crippen LogP contribution in [0.15, 0.2) is 0 Å². The highest BCUT2D eigenvalue weighted by Crippen LogP contribution is 1.90. The van der Waals surface area contributed by atoms with Gasteiger partial charge in [0.15, 0.2) is 0 Å². The Kier molecular flexibility index (Phi) is 3.18. The zero-order valence-electron chi connectivity index (χ0n) is 5.87. The van der Waals surface area contributed by atoms with E-state index in [0.717, 1.165) is 0 Å². The second-order valence-corrected chi connectivity index (χ2v) is 2.08. The summed E-state index contributed by atoms with van der Waals surface area (Å²) in [4.78, 5) is 21.0.